The van der Waals surface area contributed by atoms with Gasteiger partial charge in [0, 0.05) is 16.6 Å². The molecule has 3 aromatic rings. The highest BCUT2D eigenvalue weighted by Gasteiger charge is 2.29. The molecule has 0 radical (unpaired) electrons. The Hall–Kier alpha value is -2.97. The van der Waals surface area contributed by atoms with Gasteiger partial charge in [-0.05, 0) is 65.2 Å². The van der Waals surface area contributed by atoms with Crippen molar-refractivity contribution in [2.45, 2.75) is 25.3 Å². The van der Waals surface area contributed by atoms with Crippen LogP contribution < -0.4 is 9.62 Å². The summed E-state index contributed by atoms with van der Waals surface area (Å²) in [6, 6.07) is 18.7. The molecule has 166 valence electrons. The van der Waals surface area contributed by atoms with Crippen LogP contribution in [-0.4, -0.2) is 27.2 Å². The summed E-state index contributed by atoms with van der Waals surface area (Å²) in [5, 5.41) is 2.75. The van der Waals surface area contributed by atoms with Gasteiger partial charge in [0.15, 0.2) is 0 Å². The quantitative estimate of drug-likeness (QED) is 0.451. The van der Waals surface area contributed by atoms with Crippen molar-refractivity contribution >= 4 is 43.8 Å². The van der Waals surface area contributed by atoms with Crippen LogP contribution in [0, 0.1) is 13.8 Å². The van der Waals surface area contributed by atoms with Gasteiger partial charge in [0.2, 0.25) is 5.91 Å². The first-order valence-corrected chi connectivity index (χ1v) is 12.1. The molecule has 0 spiro atoms. The van der Waals surface area contributed by atoms with E-state index in [1.54, 1.807) is 61.5 Å². The van der Waals surface area contributed by atoms with E-state index in [1.165, 1.54) is 12.1 Å². The Morgan fingerprint density at radius 3 is 2.38 bits per heavy atom. The number of para-hydroxylation sites is 1. The second-order valence-electron chi connectivity index (χ2n) is 7.37. The van der Waals surface area contributed by atoms with Crippen molar-refractivity contribution in [1.29, 1.82) is 0 Å². The van der Waals surface area contributed by atoms with Gasteiger partial charge >= 0.3 is 0 Å². The highest BCUT2D eigenvalue weighted by atomic mass is 79.9. The number of benzene rings is 3. The van der Waals surface area contributed by atoms with Crippen LogP contribution in [0.5, 0.6) is 0 Å². The Bertz CT molecular complexity index is 1220. The number of nitrogens with zero attached hydrogens (tertiary/aromatic N) is 1. The number of halogens is 1. The molecule has 1 amide bonds. The number of sulfonamides is 1. The monoisotopic (exact) mass is 514 g/mol. The van der Waals surface area contributed by atoms with E-state index in [2.05, 4.69) is 21.2 Å². The number of carbonyl (C=O) groups is 2. The largest absolute Gasteiger partial charge is 0.350 e. The average Bonchev–Trinajstić information content (AvgIpc) is 2.77. The molecule has 0 saturated carbocycles. The number of amides is 1. The van der Waals surface area contributed by atoms with Gasteiger partial charge in [-0.25, -0.2) is 8.42 Å². The van der Waals surface area contributed by atoms with Gasteiger partial charge in [0.1, 0.15) is 12.8 Å². The first kappa shape index (κ1) is 23.7. The number of carbonyl (C=O) groups excluding carboxylic acids is 2. The molecule has 3 rings (SSSR count). The zero-order valence-electron chi connectivity index (χ0n) is 17.7. The summed E-state index contributed by atoms with van der Waals surface area (Å²) < 4.78 is 28.7. The lowest BCUT2D eigenvalue weighted by Gasteiger charge is -2.26. The van der Waals surface area contributed by atoms with Crippen LogP contribution >= 0.6 is 15.9 Å². The van der Waals surface area contributed by atoms with Crippen LogP contribution in [0.1, 0.15) is 27.0 Å². The van der Waals surface area contributed by atoms with E-state index in [0.717, 1.165) is 21.7 Å². The SMILES string of the molecule is Cc1ccc(S(=O)(=O)N(CC(=O)NCc2cccc(C=O)c2)c2c(C)cccc2Br)cc1. The zero-order chi connectivity index (χ0) is 23.3. The fourth-order valence-corrected chi connectivity index (χ4v) is 5.53. The van der Waals surface area contributed by atoms with Gasteiger partial charge in [-0.3, -0.25) is 13.9 Å². The number of rotatable bonds is 8. The molecule has 0 heterocycles. The summed E-state index contributed by atoms with van der Waals surface area (Å²) >= 11 is 3.44. The fourth-order valence-electron chi connectivity index (χ4n) is 3.22. The number of anilines is 1. The third-order valence-electron chi connectivity index (χ3n) is 4.91. The maximum atomic E-state index is 13.5. The van der Waals surface area contributed by atoms with E-state index in [0.29, 0.717) is 21.3 Å². The van der Waals surface area contributed by atoms with Crippen LogP contribution in [0.2, 0.25) is 0 Å². The van der Waals surface area contributed by atoms with E-state index in [1.807, 2.05) is 6.92 Å². The Morgan fingerprint density at radius 2 is 1.72 bits per heavy atom. The lowest BCUT2D eigenvalue weighted by Crippen LogP contribution is -2.41. The number of aryl methyl sites for hydroxylation is 2. The number of nitrogens with one attached hydrogen (secondary N) is 1. The third-order valence-corrected chi connectivity index (χ3v) is 7.31. The molecule has 0 atom stereocenters. The summed E-state index contributed by atoms with van der Waals surface area (Å²) in [4.78, 5) is 23.9. The minimum atomic E-state index is -4.01. The van der Waals surface area contributed by atoms with Crippen LogP contribution in [0.15, 0.2) is 76.1 Å². The van der Waals surface area contributed by atoms with Gasteiger partial charge in [-0.15, -0.1) is 0 Å². The van der Waals surface area contributed by atoms with Crippen molar-refractivity contribution in [3.63, 3.8) is 0 Å². The van der Waals surface area contributed by atoms with Gasteiger partial charge < -0.3 is 5.32 Å². The van der Waals surface area contributed by atoms with Crippen molar-refractivity contribution in [1.82, 2.24) is 5.32 Å². The van der Waals surface area contributed by atoms with Crippen LogP contribution in [0.3, 0.4) is 0 Å². The molecule has 0 bridgehead atoms. The molecule has 1 N–H and O–H groups in total. The van der Waals surface area contributed by atoms with Crippen molar-refractivity contribution in [2.75, 3.05) is 10.8 Å². The summed E-state index contributed by atoms with van der Waals surface area (Å²) in [5.74, 6) is -0.465. The number of hydrogen-bond acceptors (Lipinski definition) is 4. The van der Waals surface area contributed by atoms with Crippen LogP contribution in [-0.2, 0) is 21.4 Å². The summed E-state index contributed by atoms with van der Waals surface area (Å²) in [5.41, 5.74) is 3.30. The predicted octanol–water partition coefficient (Wildman–Crippen LogP) is 4.39. The van der Waals surface area contributed by atoms with Gasteiger partial charge in [0.05, 0.1) is 10.6 Å². The van der Waals surface area contributed by atoms with E-state index in [4.69, 9.17) is 0 Å². The molecule has 0 aliphatic carbocycles. The zero-order valence-corrected chi connectivity index (χ0v) is 20.1. The molecule has 6 nitrogen and oxygen atoms in total. The molecule has 0 saturated heterocycles. The highest BCUT2D eigenvalue weighted by Crippen LogP contribution is 2.33. The number of aldehydes is 1. The summed E-state index contributed by atoms with van der Waals surface area (Å²) in [7, 11) is -4.01. The Balaban J connectivity index is 1.91. The van der Waals surface area contributed by atoms with Crippen LogP contribution in [0.25, 0.3) is 0 Å². The van der Waals surface area contributed by atoms with Gasteiger partial charge in [-0.1, -0.05) is 48.0 Å². The molecule has 32 heavy (non-hydrogen) atoms. The van der Waals surface area contributed by atoms with Crippen molar-refractivity contribution in [3.8, 4) is 0 Å². The minimum Gasteiger partial charge on any atom is -0.350 e. The summed E-state index contributed by atoms with van der Waals surface area (Å²) in [6.07, 6.45) is 0.733. The van der Waals surface area contributed by atoms with Gasteiger partial charge in [0.25, 0.3) is 10.0 Å². The lowest BCUT2D eigenvalue weighted by molar-refractivity contribution is -0.119. The Morgan fingerprint density at radius 1 is 1.03 bits per heavy atom. The smallest absolute Gasteiger partial charge is 0.264 e. The molecule has 0 unspecified atom stereocenters. The molecule has 8 heteroatoms. The molecule has 0 aliphatic heterocycles. The second kappa shape index (κ2) is 10.1. The van der Waals surface area contributed by atoms with Crippen molar-refractivity contribution in [2.24, 2.45) is 0 Å². The fraction of sp³-hybridized carbons (Fsp3) is 0.167. The number of hydrogen-bond donors (Lipinski definition) is 1. The van der Waals surface area contributed by atoms with E-state index in [-0.39, 0.29) is 11.4 Å². The average molecular weight is 515 g/mol. The van der Waals surface area contributed by atoms with E-state index in [9.17, 15) is 18.0 Å². The molecular weight excluding hydrogens is 492 g/mol. The maximum Gasteiger partial charge on any atom is 0.264 e. The second-order valence-corrected chi connectivity index (χ2v) is 10.1. The first-order valence-electron chi connectivity index (χ1n) is 9.87. The standard InChI is InChI=1S/C24H23BrN2O4S/c1-17-9-11-21(12-10-17)32(30,31)27(24-18(2)5-3-8-22(24)25)15-23(29)26-14-19-6-4-7-20(13-19)16-28/h3-13,16H,14-15H2,1-2H3,(H,26,29). The molecule has 0 fully saturated rings. The summed E-state index contributed by atoms with van der Waals surface area (Å²) in [6.45, 7) is 3.45. The molecule has 3 aromatic carbocycles. The molecular formula is C24H23BrN2O4S. The molecule has 0 aromatic heterocycles. The van der Waals surface area contributed by atoms with E-state index < -0.39 is 22.5 Å². The van der Waals surface area contributed by atoms with E-state index >= 15 is 0 Å². The normalized spacial score (nSPS) is 11.1. The Kier molecular flexibility index (Phi) is 7.48. The maximum absolute atomic E-state index is 13.5. The Labute approximate surface area is 196 Å². The minimum absolute atomic E-state index is 0.102. The van der Waals surface area contributed by atoms with Gasteiger partial charge in [-0.2, -0.15) is 0 Å². The van der Waals surface area contributed by atoms with Crippen molar-refractivity contribution < 1.29 is 18.0 Å². The third kappa shape index (κ3) is 5.44. The highest BCUT2D eigenvalue weighted by molar-refractivity contribution is 9.10. The predicted molar refractivity (Wildman–Crippen MR) is 128 cm³/mol. The van der Waals surface area contributed by atoms with Crippen LogP contribution in [0.4, 0.5) is 5.69 Å². The topological polar surface area (TPSA) is 83.6 Å². The van der Waals surface area contributed by atoms with Crippen molar-refractivity contribution in [3.05, 3.63) is 93.5 Å². The molecule has 0 aliphatic rings. The first-order chi connectivity index (χ1) is 15.2. The lowest BCUT2D eigenvalue weighted by atomic mass is 10.1.